The van der Waals surface area contributed by atoms with E-state index in [2.05, 4.69) is 10.6 Å². The maximum absolute atomic E-state index is 12.4. The average molecular weight is 345 g/mol. The Labute approximate surface area is 147 Å². The minimum atomic E-state index is -0.174. The maximum atomic E-state index is 12.4. The predicted octanol–water partition coefficient (Wildman–Crippen LogP) is 4.51. The Morgan fingerprint density at radius 1 is 0.958 bits per heavy atom. The van der Waals surface area contributed by atoms with Crippen molar-refractivity contribution in [3.8, 4) is 0 Å². The van der Waals surface area contributed by atoms with Gasteiger partial charge in [-0.3, -0.25) is 9.59 Å². The molecular weight excluding hydrogens is 324 g/mol. The number of amides is 2. The summed E-state index contributed by atoms with van der Waals surface area (Å²) in [7, 11) is 0. The highest BCUT2D eigenvalue weighted by Gasteiger charge is 2.10. The fourth-order valence-electron chi connectivity index (χ4n) is 2.35. The van der Waals surface area contributed by atoms with Gasteiger partial charge in [-0.15, -0.1) is 11.6 Å². The van der Waals surface area contributed by atoms with Crippen LogP contribution in [0, 0.1) is 13.8 Å². The van der Waals surface area contributed by atoms with E-state index in [1.54, 1.807) is 24.3 Å². The summed E-state index contributed by atoms with van der Waals surface area (Å²) in [6, 6.07) is 12.7. The molecule has 0 radical (unpaired) electrons. The number of carbonyl (C=O) groups excluding carboxylic acids is 2. The lowest BCUT2D eigenvalue weighted by molar-refractivity contribution is -0.116. The van der Waals surface area contributed by atoms with Gasteiger partial charge in [0, 0.05) is 29.2 Å². The van der Waals surface area contributed by atoms with Crippen molar-refractivity contribution in [2.24, 2.45) is 0 Å². The molecule has 0 atom stereocenters. The molecule has 2 aromatic carbocycles. The third-order valence-electron chi connectivity index (χ3n) is 3.69. The molecule has 0 aliphatic rings. The van der Waals surface area contributed by atoms with Crippen molar-refractivity contribution in [2.75, 3.05) is 16.5 Å². The van der Waals surface area contributed by atoms with Crippen molar-refractivity contribution in [3.63, 3.8) is 0 Å². The van der Waals surface area contributed by atoms with Gasteiger partial charge >= 0.3 is 0 Å². The first-order chi connectivity index (χ1) is 11.5. The van der Waals surface area contributed by atoms with E-state index in [-0.39, 0.29) is 11.8 Å². The summed E-state index contributed by atoms with van der Waals surface area (Å²) < 4.78 is 0. The molecule has 0 unspecified atom stereocenters. The summed E-state index contributed by atoms with van der Waals surface area (Å²) in [5, 5.41) is 5.72. The van der Waals surface area contributed by atoms with Gasteiger partial charge in [0.25, 0.3) is 5.91 Å². The number of carbonyl (C=O) groups is 2. The van der Waals surface area contributed by atoms with Gasteiger partial charge < -0.3 is 10.6 Å². The number of benzene rings is 2. The minimum absolute atomic E-state index is 0.0802. The minimum Gasteiger partial charge on any atom is -0.326 e. The zero-order valence-corrected chi connectivity index (χ0v) is 14.6. The van der Waals surface area contributed by atoms with Crippen LogP contribution in [0.15, 0.2) is 42.5 Å². The zero-order chi connectivity index (χ0) is 17.5. The Balaban J connectivity index is 2.02. The normalized spacial score (nSPS) is 10.3. The number of rotatable bonds is 6. The first-order valence-electron chi connectivity index (χ1n) is 7.84. The lowest BCUT2D eigenvalue weighted by Gasteiger charge is -2.12. The van der Waals surface area contributed by atoms with E-state index in [4.69, 9.17) is 11.6 Å². The van der Waals surface area contributed by atoms with Crippen LogP contribution in [0.5, 0.6) is 0 Å². The van der Waals surface area contributed by atoms with Crippen LogP contribution in [0.4, 0.5) is 11.4 Å². The summed E-state index contributed by atoms with van der Waals surface area (Å²) >= 11 is 5.57. The van der Waals surface area contributed by atoms with Crippen LogP contribution in [0.3, 0.4) is 0 Å². The van der Waals surface area contributed by atoms with Crippen LogP contribution in [-0.2, 0) is 4.79 Å². The first-order valence-corrected chi connectivity index (χ1v) is 8.38. The lowest BCUT2D eigenvalue weighted by Crippen LogP contribution is -2.14. The molecule has 0 saturated carbocycles. The SMILES string of the molecule is Cc1cccc(C)c1NC(=O)c1ccc(NC(=O)CCCCl)cc1. The van der Waals surface area contributed by atoms with E-state index in [0.29, 0.717) is 30.0 Å². The Hall–Kier alpha value is -2.33. The summed E-state index contributed by atoms with van der Waals surface area (Å²) in [6.45, 7) is 3.92. The standard InChI is InChI=1S/C19H21ClN2O2/c1-13-5-3-6-14(2)18(13)22-19(24)15-8-10-16(11-9-15)21-17(23)7-4-12-20/h3,5-6,8-11H,4,7,12H2,1-2H3,(H,21,23)(H,22,24). The van der Waals surface area contributed by atoms with Gasteiger partial charge in [0.05, 0.1) is 0 Å². The number of anilines is 2. The number of hydrogen-bond donors (Lipinski definition) is 2. The van der Waals surface area contributed by atoms with Crippen LogP contribution < -0.4 is 10.6 Å². The summed E-state index contributed by atoms with van der Waals surface area (Å²) in [5.74, 6) is 0.209. The van der Waals surface area contributed by atoms with Crippen LogP contribution in [0.2, 0.25) is 0 Å². The molecule has 2 rings (SSSR count). The molecule has 2 N–H and O–H groups in total. The van der Waals surface area contributed by atoms with Gasteiger partial charge in [0.1, 0.15) is 0 Å². The zero-order valence-electron chi connectivity index (χ0n) is 13.9. The Bertz CT molecular complexity index is 706. The van der Waals surface area contributed by atoms with E-state index in [1.165, 1.54) is 0 Å². The van der Waals surface area contributed by atoms with Gasteiger partial charge in [0.2, 0.25) is 5.91 Å². The second-order valence-corrected chi connectivity index (χ2v) is 6.02. The molecule has 0 aliphatic carbocycles. The highest BCUT2D eigenvalue weighted by molar-refractivity contribution is 6.18. The number of para-hydroxylation sites is 1. The Morgan fingerprint density at radius 2 is 1.58 bits per heavy atom. The Morgan fingerprint density at radius 3 is 2.17 bits per heavy atom. The molecule has 0 spiro atoms. The van der Waals surface area contributed by atoms with Crippen molar-refractivity contribution >= 4 is 34.8 Å². The second-order valence-electron chi connectivity index (χ2n) is 5.64. The van der Waals surface area contributed by atoms with Crippen LogP contribution >= 0.6 is 11.6 Å². The second kappa shape index (κ2) is 8.50. The lowest BCUT2D eigenvalue weighted by atomic mass is 10.1. The van der Waals surface area contributed by atoms with Gasteiger partial charge in [-0.2, -0.15) is 0 Å². The van der Waals surface area contributed by atoms with Crippen LogP contribution in [0.25, 0.3) is 0 Å². The third kappa shape index (κ3) is 4.83. The molecule has 24 heavy (non-hydrogen) atoms. The van der Waals surface area contributed by atoms with E-state index >= 15 is 0 Å². The number of halogens is 1. The van der Waals surface area contributed by atoms with E-state index in [1.807, 2.05) is 32.0 Å². The maximum Gasteiger partial charge on any atom is 0.255 e. The van der Waals surface area contributed by atoms with Crippen molar-refractivity contribution in [3.05, 3.63) is 59.2 Å². The van der Waals surface area contributed by atoms with Crippen LogP contribution in [0.1, 0.15) is 34.3 Å². The molecular formula is C19H21ClN2O2. The van der Waals surface area contributed by atoms with Gasteiger partial charge in [-0.1, -0.05) is 18.2 Å². The molecule has 0 aromatic heterocycles. The third-order valence-corrected chi connectivity index (χ3v) is 3.96. The van der Waals surface area contributed by atoms with Gasteiger partial charge in [-0.25, -0.2) is 0 Å². The molecule has 0 fully saturated rings. The molecule has 0 saturated heterocycles. The molecule has 2 amide bonds. The number of hydrogen-bond acceptors (Lipinski definition) is 2. The van der Waals surface area contributed by atoms with Crippen molar-refractivity contribution in [1.82, 2.24) is 0 Å². The van der Waals surface area contributed by atoms with E-state index < -0.39 is 0 Å². The summed E-state index contributed by atoms with van der Waals surface area (Å²) in [4.78, 5) is 24.0. The molecule has 0 aliphatic heterocycles. The summed E-state index contributed by atoms with van der Waals surface area (Å²) in [5.41, 5.74) is 4.08. The topological polar surface area (TPSA) is 58.2 Å². The fraction of sp³-hybridized carbons (Fsp3) is 0.263. The van der Waals surface area contributed by atoms with Crippen molar-refractivity contribution in [1.29, 1.82) is 0 Å². The largest absolute Gasteiger partial charge is 0.326 e. The predicted molar refractivity (Wildman–Crippen MR) is 98.9 cm³/mol. The summed E-state index contributed by atoms with van der Waals surface area (Å²) in [6.07, 6.45) is 1.03. The van der Waals surface area contributed by atoms with Crippen molar-refractivity contribution < 1.29 is 9.59 Å². The molecule has 5 heteroatoms. The Kier molecular flexibility index (Phi) is 6.38. The van der Waals surface area contributed by atoms with E-state index in [9.17, 15) is 9.59 Å². The molecule has 2 aromatic rings. The van der Waals surface area contributed by atoms with E-state index in [0.717, 1.165) is 16.8 Å². The molecule has 0 heterocycles. The van der Waals surface area contributed by atoms with Crippen LogP contribution in [-0.4, -0.2) is 17.7 Å². The molecule has 4 nitrogen and oxygen atoms in total. The molecule has 126 valence electrons. The monoisotopic (exact) mass is 344 g/mol. The van der Waals surface area contributed by atoms with Gasteiger partial charge in [0.15, 0.2) is 0 Å². The molecule has 0 bridgehead atoms. The average Bonchev–Trinajstić information content (AvgIpc) is 2.57. The van der Waals surface area contributed by atoms with Gasteiger partial charge in [-0.05, 0) is 55.7 Å². The fourth-order valence-corrected chi connectivity index (χ4v) is 2.49. The highest BCUT2D eigenvalue weighted by atomic mass is 35.5. The first kappa shape index (κ1) is 18.0. The number of alkyl halides is 1. The smallest absolute Gasteiger partial charge is 0.255 e. The van der Waals surface area contributed by atoms with Crippen molar-refractivity contribution in [2.45, 2.75) is 26.7 Å². The number of nitrogens with one attached hydrogen (secondary N) is 2. The quantitative estimate of drug-likeness (QED) is 0.757. The highest BCUT2D eigenvalue weighted by Crippen LogP contribution is 2.20. The number of aryl methyl sites for hydroxylation is 2.